The third-order valence-corrected chi connectivity index (χ3v) is 2.59. The highest BCUT2D eigenvalue weighted by Crippen LogP contribution is 2.12. The molecule has 18 heavy (non-hydrogen) atoms. The van der Waals surface area contributed by atoms with Crippen LogP contribution in [0.2, 0.25) is 0 Å². The van der Waals surface area contributed by atoms with E-state index in [1.165, 1.54) is 0 Å². The van der Waals surface area contributed by atoms with E-state index in [1.54, 1.807) is 6.20 Å². The molecule has 1 aromatic heterocycles. The van der Waals surface area contributed by atoms with Crippen LogP contribution in [0.4, 0.5) is 0 Å². The average molecular weight is 261 g/mol. The summed E-state index contributed by atoms with van der Waals surface area (Å²) in [4.78, 5) is 0.502. The maximum absolute atomic E-state index is 5.61. The van der Waals surface area contributed by atoms with Crippen molar-refractivity contribution in [1.82, 2.24) is 9.78 Å². The van der Waals surface area contributed by atoms with Gasteiger partial charge in [0, 0.05) is 18.8 Å². The van der Waals surface area contributed by atoms with Crippen LogP contribution in [0.5, 0.6) is 5.75 Å². The number of hydrogen-bond donors (Lipinski definition) is 1. The van der Waals surface area contributed by atoms with Crippen molar-refractivity contribution in [2.75, 3.05) is 6.61 Å². The number of nitrogens with two attached hydrogens (primary N) is 1. The van der Waals surface area contributed by atoms with E-state index in [0.29, 0.717) is 18.0 Å². The Hall–Kier alpha value is -1.88. The topological polar surface area (TPSA) is 53.1 Å². The molecule has 0 radical (unpaired) electrons. The van der Waals surface area contributed by atoms with E-state index in [1.807, 2.05) is 41.2 Å². The fourth-order valence-electron chi connectivity index (χ4n) is 1.59. The highest BCUT2D eigenvalue weighted by molar-refractivity contribution is 7.80. The number of thiocarbonyl (C=S) groups is 1. The second kappa shape index (κ2) is 6.16. The molecular formula is C13H15N3OS. The molecule has 1 heterocycles. The lowest BCUT2D eigenvalue weighted by molar-refractivity contribution is 0.291. The summed E-state index contributed by atoms with van der Waals surface area (Å²) in [6.45, 7) is 1.33. The van der Waals surface area contributed by atoms with Crippen molar-refractivity contribution in [2.45, 2.75) is 13.0 Å². The zero-order valence-corrected chi connectivity index (χ0v) is 10.8. The number of rotatable bonds is 6. The predicted molar refractivity (Wildman–Crippen MR) is 74.7 cm³/mol. The summed E-state index contributed by atoms with van der Waals surface area (Å²) < 4.78 is 7.45. The highest BCUT2D eigenvalue weighted by Gasteiger charge is 1.98. The standard InChI is InChI=1S/C13H15N3OS/c14-13(18)10-11-2-4-12(5-3-11)17-9-8-16-7-1-6-15-16/h1-7H,8-10H2,(H2,14,18). The fourth-order valence-corrected chi connectivity index (χ4v) is 1.76. The molecule has 5 heteroatoms. The first-order valence-electron chi connectivity index (χ1n) is 5.71. The van der Waals surface area contributed by atoms with E-state index in [2.05, 4.69) is 5.10 Å². The molecule has 0 saturated carbocycles. The van der Waals surface area contributed by atoms with Gasteiger partial charge in [-0.1, -0.05) is 24.4 Å². The first-order chi connectivity index (χ1) is 8.74. The Morgan fingerprint density at radius 2 is 2.11 bits per heavy atom. The van der Waals surface area contributed by atoms with E-state index in [-0.39, 0.29) is 0 Å². The van der Waals surface area contributed by atoms with Crippen molar-refractivity contribution in [3.63, 3.8) is 0 Å². The molecule has 0 aliphatic rings. The van der Waals surface area contributed by atoms with Crippen LogP contribution in [0, 0.1) is 0 Å². The summed E-state index contributed by atoms with van der Waals surface area (Å²) >= 11 is 4.86. The van der Waals surface area contributed by atoms with Crippen LogP contribution in [0.3, 0.4) is 0 Å². The van der Waals surface area contributed by atoms with Crippen molar-refractivity contribution in [1.29, 1.82) is 0 Å². The Morgan fingerprint density at radius 3 is 2.72 bits per heavy atom. The van der Waals surface area contributed by atoms with Crippen molar-refractivity contribution in [3.05, 3.63) is 48.3 Å². The van der Waals surface area contributed by atoms with Gasteiger partial charge in [0.1, 0.15) is 12.4 Å². The quantitative estimate of drug-likeness (QED) is 0.806. The molecule has 0 aliphatic heterocycles. The molecule has 94 valence electrons. The molecule has 0 fully saturated rings. The Kier molecular flexibility index (Phi) is 4.30. The number of nitrogens with zero attached hydrogens (tertiary/aromatic N) is 2. The smallest absolute Gasteiger partial charge is 0.119 e. The van der Waals surface area contributed by atoms with Gasteiger partial charge in [0.05, 0.1) is 11.5 Å². The van der Waals surface area contributed by atoms with Crippen molar-refractivity contribution >= 4 is 17.2 Å². The van der Waals surface area contributed by atoms with Gasteiger partial charge in [-0.3, -0.25) is 4.68 Å². The van der Waals surface area contributed by atoms with Gasteiger partial charge in [-0.15, -0.1) is 0 Å². The van der Waals surface area contributed by atoms with Crippen LogP contribution in [0.15, 0.2) is 42.7 Å². The molecule has 0 bridgehead atoms. The molecule has 0 saturated heterocycles. The highest BCUT2D eigenvalue weighted by atomic mass is 32.1. The van der Waals surface area contributed by atoms with Crippen LogP contribution >= 0.6 is 12.2 Å². The molecule has 0 atom stereocenters. The molecular weight excluding hydrogens is 246 g/mol. The minimum absolute atomic E-state index is 0.502. The largest absolute Gasteiger partial charge is 0.492 e. The Bertz CT molecular complexity index is 493. The first-order valence-corrected chi connectivity index (χ1v) is 6.12. The number of benzene rings is 1. The lowest BCUT2D eigenvalue weighted by Gasteiger charge is -2.07. The molecule has 2 aromatic rings. The SMILES string of the molecule is NC(=S)Cc1ccc(OCCn2cccn2)cc1. The molecule has 4 nitrogen and oxygen atoms in total. The molecule has 2 rings (SSSR count). The predicted octanol–water partition coefficient (Wildman–Crippen LogP) is 1.79. The molecule has 0 spiro atoms. The first kappa shape index (κ1) is 12.6. The van der Waals surface area contributed by atoms with E-state index in [4.69, 9.17) is 22.7 Å². The van der Waals surface area contributed by atoms with Gasteiger partial charge >= 0.3 is 0 Å². The zero-order chi connectivity index (χ0) is 12.8. The van der Waals surface area contributed by atoms with Gasteiger partial charge in [0.15, 0.2) is 0 Å². The van der Waals surface area contributed by atoms with E-state index in [9.17, 15) is 0 Å². The van der Waals surface area contributed by atoms with Crippen LogP contribution in [-0.4, -0.2) is 21.4 Å². The average Bonchev–Trinajstić information content (AvgIpc) is 2.84. The number of ether oxygens (including phenoxy) is 1. The molecule has 1 aromatic carbocycles. The zero-order valence-electron chi connectivity index (χ0n) is 9.95. The normalized spacial score (nSPS) is 10.2. The monoisotopic (exact) mass is 261 g/mol. The minimum Gasteiger partial charge on any atom is -0.492 e. The summed E-state index contributed by atoms with van der Waals surface area (Å²) in [5.74, 6) is 0.842. The van der Waals surface area contributed by atoms with E-state index >= 15 is 0 Å². The van der Waals surface area contributed by atoms with Gasteiger partial charge in [0.25, 0.3) is 0 Å². The van der Waals surface area contributed by atoms with Gasteiger partial charge in [-0.25, -0.2) is 0 Å². The lowest BCUT2D eigenvalue weighted by atomic mass is 10.1. The van der Waals surface area contributed by atoms with E-state index < -0.39 is 0 Å². The maximum atomic E-state index is 5.61. The third-order valence-electron chi connectivity index (χ3n) is 2.45. The van der Waals surface area contributed by atoms with Gasteiger partial charge in [-0.05, 0) is 23.8 Å². The summed E-state index contributed by atoms with van der Waals surface area (Å²) in [5, 5.41) is 4.10. The van der Waals surface area contributed by atoms with Gasteiger partial charge in [-0.2, -0.15) is 5.10 Å². The van der Waals surface area contributed by atoms with E-state index in [0.717, 1.165) is 17.9 Å². The fraction of sp³-hybridized carbons (Fsp3) is 0.231. The minimum atomic E-state index is 0.502. The third kappa shape index (κ3) is 3.85. The Balaban J connectivity index is 1.81. The van der Waals surface area contributed by atoms with Gasteiger partial charge in [0.2, 0.25) is 0 Å². The second-order valence-corrected chi connectivity index (χ2v) is 4.43. The summed E-state index contributed by atoms with van der Waals surface area (Å²) in [6.07, 6.45) is 4.29. The summed E-state index contributed by atoms with van der Waals surface area (Å²) in [7, 11) is 0. The van der Waals surface area contributed by atoms with Crippen LogP contribution in [0.25, 0.3) is 0 Å². The van der Waals surface area contributed by atoms with Gasteiger partial charge < -0.3 is 10.5 Å². The maximum Gasteiger partial charge on any atom is 0.119 e. The molecule has 0 aliphatic carbocycles. The molecule has 0 unspecified atom stereocenters. The molecule has 2 N–H and O–H groups in total. The molecule has 0 amide bonds. The number of aromatic nitrogens is 2. The summed E-state index contributed by atoms with van der Waals surface area (Å²) in [6, 6.07) is 9.70. The Morgan fingerprint density at radius 1 is 1.33 bits per heavy atom. The van der Waals surface area contributed by atoms with Crippen LogP contribution < -0.4 is 10.5 Å². The van der Waals surface area contributed by atoms with Crippen LogP contribution in [-0.2, 0) is 13.0 Å². The number of hydrogen-bond acceptors (Lipinski definition) is 3. The van der Waals surface area contributed by atoms with Crippen molar-refractivity contribution < 1.29 is 4.74 Å². The van der Waals surface area contributed by atoms with Crippen molar-refractivity contribution in [3.8, 4) is 5.75 Å². The second-order valence-electron chi connectivity index (χ2n) is 3.90. The summed E-state index contributed by atoms with van der Waals surface area (Å²) in [5.41, 5.74) is 6.59. The van der Waals surface area contributed by atoms with Crippen LogP contribution in [0.1, 0.15) is 5.56 Å². The Labute approximate surface area is 111 Å². The lowest BCUT2D eigenvalue weighted by Crippen LogP contribution is -2.11. The van der Waals surface area contributed by atoms with Crippen molar-refractivity contribution in [2.24, 2.45) is 5.73 Å².